The Hall–Kier alpha value is -0.900. The number of ether oxygens (including phenoxy) is 2. The van der Waals surface area contributed by atoms with E-state index in [0.29, 0.717) is 6.61 Å². The summed E-state index contributed by atoms with van der Waals surface area (Å²) in [5, 5.41) is 10.0. The zero-order valence-electron chi connectivity index (χ0n) is 14.9. The first kappa shape index (κ1) is 20.1. The number of allylic oxidation sites excluding steroid dienone is 3. The van der Waals surface area contributed by atoms with Crippen LogP contribution in [0.3, 0.4) is 0 Å². The van der Waals surface area contributed by atoms with Crippen molar-refractivity contribution in [2.75, 3.05) is 13.2 Å². The molecule has 1 heterocycles. The highest BCUT2D eigenvalue weighted by molar-refractivity contribution is 5.07. The summed E-state index contributed by atoms with van der Waals surface area (Å²) in [6.07, 6.45) is 14.0. The molecule has 3 heteroatoms. The predicted octanol–water partition coefficient (Wildman–Crippen LogP) is 4.92. The normalized spacial score (nSPS) is 21.3. The van der Waals surface area contributed by atoms with Crippen LogP contribution in [0.4, 0.5) is 0 Å². The maximum absolute atomic E-state index is 10.0. The number of hydrogen-bond acceptors (Lipinski definition) is 3. The Morgan fingerprint density at radius 1 is 1.30 bits per heavy atom. The fraction of sp³-hybridized carbons (Fsp3) is 0.700. The molecule has 2 atom stereocenters. The van der Waals surface area contributed by atoms with Crippen LogP contribution in [0, 0.1) is 0 Å². The first-order valence-electron chi connectivity index (χ1n) is 8.98. The molecule has 1 saturated heterocycles. The van der Waals surface area contributed by atoms with Crippen LogP contribution in [-0.2, 0) is 9.47 Å². The lowest BCUT2D eigenvalue weighted by Gasteiger charge is -2.22. The highest BCUT2D eigenvalue weighted by atomic mass is 16.7. The second-order valence-electron chi connectivity index (χ2n) is 6.40. The van der Waals surface area contributed by atoms with Crippen molar-refractivity contribution in [1.82, 2.24) is 0 Å². The average molecular weight is 322 g/mol. The topological polar surface area (TPSA) is 38.7 Å². The highest BCUT2D eigenvalue weighted by Gasteiger charge is 2.12. The predicted molar refractivity (Wildman–Crippen MR) is 96.3 cm³/mol. The second-order valence-corrected chi connectivity index (χ2v) is 6.40. The van der Waals surface area contributed by atoms with E-state index in [4.69, 9.17) is 9.47 Å². The van der Waals surface area contributed by atoms with Crippen molar-refractivity contribution < 1.29 is 14.6 Å². The van der Waals surface area contributed by atoms with E-state index < -0.39 is 0 Å². The molecule has 0 bridgehead atoms. The molecule has 23 heavy (non-hydrogen) atoms. The molecule has 1 fully saturated rings. The number of rotatable bonds is 11. The summed E-state index contributed by atoms with van der Waals surface area (Å²) in [5.74, 6) is 0. The van der Waals surface area contributed by atoms with Crippen molar-refractivity contribution in [2.24, 2.45) is 0 Å². The Morgan fingerprint density at radius 3 is 2.83 bits per heavy atom. The van der Waals surface area contributed by atoms with Gasteiger partial charge < -0.3 is 14.6 Å². The monoisotopic (exact) mass is 322 g/mol. The molecule has 3 nitrogen and oxygen atoms in total. The molecule has 0 aliphatic carbocycles. The van der Waals surface area contributed by atoms with Gasteiger partial charge in [-0.15, -0.1) is 6.58 Å². The van der Waals surface area contributed by atoms with Crippen molar-refractivity contribution in [3.8, 4) is 0 Å². The third-order valence-electron chi connectivity index (χ3n) is 4.27. The molecule has 1 rings (SSSR count). The van der Waals surface area contributed by atoms with Gasteiger partial charge in [-0.3, -0.25) is 0 Å². The fourth-order valence-electron chi connectivity index (χ4n) is 2.59. The largest absolute Gasteiger partial charge is 0.389 e. The molecule has 1 N–H and O–H groups in total. The third-order valence-corrected chi connectivity index (χ3v) is 4.27. The molecule has 1 unspecified atom stereocenters. The summed E-state index contributed by atoms with van der Waals surface area (Å²) >= 11 is 0. The molecule has 0 amide bonds. The van der Waals surface area contributed by atoms with Gasteiger partial charge in [0.05, 0.1) is 12.7 Å². The number of aliphatic hydroxyl groups excluding tert-OH is 1. The van der Waals surface area contributed by atoms with E-state index in [0.717, 1.165) is 57.1 Å². The minimum absolute atomic E-state index is 0.0133. The van der Waals surface area contributed by atoms with Gasteiger partial charge in [-0.05, 0) is 70.8 Å². The van der Waals surface area contributed by atoms with Crippen LogP contribution in [0.1, 0.15) is 65.2 Å². The fourth-order valence-corrected chi connectivity index (χ4v) is 2.59. The maximum atomic E-state index is 10.0. The van der Waals surface area contributed by atoms with Gasteiger partial charge in [0.15, 0.2) is 6.29 Å². The quantitative estimate of drug-likeness (QED) is 0.433. The standard InChI is InChI=1S/C20H34O3/c1-4-5-6-12-19(21)18(3)11-9-10-17(2)14-16-23-20-13-7-8-15-22-20/h4,11,14,19-21H,1,5-10,12-13,15-16H2,2-3H3/b17-14+,18-11+/t19-,20?/m0/s1. The van der Waals surface area contributed by atoms with Crippen molar-refractivity contribution in [3.63, 3.8) is 0 Å². The summed E-state index contributed by atoms with van der Waals surface area (Å²) in [5.41, 5.74) is 2.40. The first-order valence-corrected chi connectivity index (χ1v) is 8.98. The molecule has 0 aromatic rings. The van der Waals surface area contributed by atoms with Crippen LogP contribution >= 0.6 is 0 Å². The number of unbranched alkanes of at least 4 members (excludes halogenated alkanes) is 1. The van der Waals surface area contributed by atoms with Gasteiger partial charge in [0.2, 0.25) is 0 Å². The van der Waals surface area contributed by atoms with Gasteiger partial charge in [-0.25, -0.2) is 0 Å². The summed E-state index contributed by atoms with van der Waals surface area (Å²) in [7, 11) is 0. The zero-order chi connectivity index (χ0) is 16.9. The van der Waals surface area contributed by atoms with Crippen molar-refractivity contribution in [1.29, 1.82) is 0 Å². The van der Waals surface area contributed by atoms with Crippen LogP contribution in [-0.4, -0.2) is 30.7 Å². The van der Waals surface area contributed by atoms with E-state index in [1.165, 1.54) is 12.0 Å². The molecule has 0 saturated carbocycles. The minimum atomic E-state index is -0.314. The summed E-state index contributed by atoms with van der Waals surface area (Å²) < 4.78 is 11.3. The minimum Gasteiger partial charge on any atom is -0.389 e. The van der Waals surface area contributed by atoms with Gasteiger partial charge in [-0.2, -0.15) is 0 Å². The third kappa shape index (κ3) is 9.75. The van der Waals surface area contributed by atoms with Gasteiger partial charge >= 0.3 is 0 Å². The van der Waals surface area contributed by atoms with Gasteiger partial charge in [0.25, 0.3) is 0 Å². The Balaban J connectivity index is 2.17. The Kier molecular flexibility index (Phi) is 11.0. The van der Waals surface area contributed by atoms with Gasteiger partial charge in [0, 0.05) is 6.61 Å². The summed E-state index contributed by atoms with van der Waals surface area (Å²) in [6, 6.07) is 0. The zero-order valence-corrected chi connectivity index (χ0v) is 14.9. The molecule has 1 aliphatic heterocycles. The van der Waals surface area contributed by atoms with Crippen LogP contribution < -0.4 is 0 Å². The van der Waals surface area contributed by atoms with Gasteiger partial charge in [0.1, 0.15) is 0 Å². The molecule has 0 aromatic heterocycles. The van der Waals surface area contributed by atoms with Crippen molar-refractivity contribution in [3.05, 3.63) is 36.0 Å². The Morgan fingerprint density at radius 2 is 2.13 bits per heavy atom. The smallest absolute Gasteiger partial charge is 0.157 e. The van der Waals surface area contributed by atoms with Gasteiger partial charge in [-0.1, -0.05) is 23.8 Å². The molecule has 0 radical (unpaired) electrons. The molecular weight excluding hydrogens is 288 g/mol. The van der Waals surface area contributed by atoms with E-state index in [2.05, 4.69) is 25.7 Å². The molecular formula is C20H34O3. The van der Waals surface area contributed by atoms with E-state index in [1.807, 2.05) is 13.0 Å². The van der Waals surface area contributed by atoms with Crippen LogP contribution in [0.2, 0.25) is 0 Å². The lowest BCUT2D eigenvalue weighted by Crippen LogP contribution is -2.22. The Labute approximate surface area is 142 Å². The average Bonchev–Trinajstić information content (AvgIpc) is 2.56. The van der Waals surface area contributed by atoms with E-state index >= 15 is 0 Å². The summed E-state index contributed by atoms with van der Waals surface area (Å²) in [4.78, 5) is 0. The SMILES string of the molecule is C=CCCC[C@H](O)/C(C)=C/CC/C(C)=C/COC1CCCCO1. The highest BCUT2D eigenvalue weighted by Crippen LogP contribution is 2.15. The van der Waals surface area contributed by atoms with Crippen LogP contribution in [0.15, 0.2) is 36.0 Å². The Bertz CT molecular complexity index is 378. The number of hydrogen-bond donors (Lipinski definition) is 1. The first-order chi connectivity index (χ1) is 11.1. The van der Waals surface area contributed by atoms with E-state index in [1.54, 1.807) is 0 Å². The van der Waals surface area contributed by atoms with E-state index in [9.17, 15) is 5.11 Å². The van der Waals surface area contributed by atoms with E-state index in [-0.39, 0.29) is 12.4 Å². The van der Waals surface area contributed by atoms with Crippen LogP contribution in [0.25, 0.3) is 0 Å². The molecule has 132 valence electrons. The van der Waals surface area contributed by atoms with Crippen molar-refractivity contribution >= 4 is 0 Å². The molecule has 0 aromatic carbocycles. The lowest BCUT2D eigenvalue weighted by atomic mass is 10.0. The van der Waals surface area contributed by atoms with Crippen LogP contribution in [0.5, 0.6) is 0 Å². The number of aliphatic hydroxyl groups is 1. The van der Waals surface area contributed by atoms with Crippen molar-refractivity contribution in [2.45, 2.75) is 77.6 Å². The summed E-state index contributed by atoms with van der Waals surface area (Å²) in [6.45, 7) is 9.31. The molecule has 0 spiro atoms. The second kappa shape index (κ2) is 12.5. The maximum Gasteiger partial charge on any atom is 0.157 e. The molecule has 1 aliphatic rings. The lowest BCUT2D eigenvalue weighted by molar-refractivity contribution is -0.155.